The Kier molecular flexibility index (Phi) is 9.91. The number of anilines is 1. The molecular weight excluding hydrogens is 603 g/mol. The fraction of sp³-hybridized carbons (Fsp3) is 0.250. The molecule has 0 saturated carbocycles. The predicted octanol–water partition coefficient (Wildman–Crippen LogP) is 2.68. The molecule has 0 fully saturated rings. The number of imidazole rings is 1. The molecule has 0 aliphatic carbocycles. The van der Waals surface area contributed by atoms with Crippen LogP contribution in [0.2, 0.25) is 10.0 Å². The van der Waals surface area contributed by atoms with Crippen LogP contribution in [0.5, 0.6) is 23.0 Å². The Morgan fingerprint density at radius 3 is 1.81 bits per heavy atom. The molecule has 4 aromatic rings. The summed E-state index contributed by atoms with van der Waals surface area (Å²) >= 11 is 13.0. The van der Waals surface area contributed by atoms with Crippen LogP contribution in [0.1, 0.15) is 11.1 Å². The third-order valence-electron chi connectivity index (χ3n) is 6.30. The zero-order chi connectivity index (χ0) is 31.3. The van der Waals surface area contributed by atoms with E-state index in [0.29, 0.717) is 29.7 Å². The summed E-state index contributed by atoms with van der Waals surface area (Å²) in [5.74, 6) is -1.88. The van der Waals surface area contributed by atoms with Gasteiger partial charge in [0.2, 0.25) is 12.2 Å². The lowest BCUT2D eigenvalue weighted by Gasteiger charge is -2.26. The van der Waals surface area contributed by atoms with Gasteiger partial charge in [-0.15, -0.1) is 0 Å². The average molecular weight is 633 g/mol. The van der Waals surface area contributed by atoms with Gasteiger partial charge in [0.15, 0.2) is 23.0 Å². The smallest absolute Gasteiger partial charge is 0.323 e. The number of nitrogens with one attached hydrogen (secondary N) is 4. The van der Waals surface area contributed by atoms with E-state index in [2.05, 4.69) is 20.6 Å². The fourth-order valence-electron chi connectivity index (χ4n) is 4.32. The van der Waals surface area contributed by atoms with E-state index < -0.39 is 24.0 Å². The molecule has 4 rings (SSSR count). The van der Waals surface area contributed by atoms with E-state index in [9.17, 15) is 14.4 Å². The number of nitrogens with two attached hydrogens (primary N) is 2. The third-order valence-corrected chi connectivity index (χ3v) is 6.86. The monoisotopic (exact) mass is 632 g/mol. The maximum atomic E-state index is 12.6. The van der Waals surface area contributed by atoms with Gasteiger partial charge in [0.1, 0.15) is 0 Å². The second-order valence-electron chi connectivity index (χ2n) is 9.32. The lowest BCUT2D eigenvalue weighted by Crippen LogP contribution is -2.52. The summed E-state index contributed by atoms with van der Waals surface area (Å²) in [6.07, 6.45) is -3.46. The standard InChI is InChI=1S/C28H30Cl2N6O7/c1-33-11-13-6-16(29)22(20(8-13)40-2)42-24(26(31)37)25(27(32)38)43-23-17(30)7-14(9-21(23)41-3)12-34-15-4-5-18-19(10-15)36-28(39)35-18/h4-10,24-25,33-34H,11-12H2,1-3H3,(H2,31,37)(H2,32,38)(H2,35,36,39). The Hall–Kier alpha value is -4.59. The summed E-state index contributed by atoms with van der Waals surface area (Å²) in [6, 6.07) is 11.8. The zero-order valence-corrected chi connectivity index (χ0v) is 24.9. The molecule has 2 unspecified atom stereocenters. The second-order valence-corrected chi connectivity index (χ2v) is 10.1. The maximum Gasteiger partial charge on any atom is 0.323 e. The quantitative estimate of drug-likeness (QED) is 0.121. The maximum absolute atomic E-state index is 12.6. The minimum absolute atomic E-state index is 0.0379. The number of carbonyl (C=O) groups is 2. The average Bonchev–Trinajstić information content (AvgIpc) is 3.34. The first kappa shape index (κ1) is 31.3. The van der Waals surface area contributed by atoms with Crippen molar-refractivity contribution in [2.24, 2.45) is 11.5 Å². The largest absolute Gasteiger partial charge is 0.493 e. The highest BCUT2D eigenvalue weighted by molar-refractivity contribution is 6.32. The van der Waals surface area contributed by atoms with Crippen molar-refractivity contribution in [1.29, 1.82) is 0 Å². The van der Waals surface area contributed by atoms with Crippen LogP contribution in [0.4, 0.5) is 5.69 Å². The molecule has 0 saturated heterocycles. The van der Waals surface area contributed by atoms with Gasteiger partial charge in [-0.1, -0.05) is 23.2 Å². The first-order valence-corrected chi connectivity index (χ1v) is 13.6. The van der Waals surface area contributed by atoms with Crippen LogP contribution < -0.4 is 46.7 Å². The molecule has 2 atom stereocenters. The number of hydrogen-bond donors (Lipinski definition) is 6. The SMILES string of the molecule is CNCc1cc(Cl)c(OC(C(N)=O)C(Oc2c(Cl)cc(CNc3ccc4[nH]c(=O)[nH]c4c3)cc2OC)C(N)=O)c(OC)c1. The van der Waals surface area contributed by atoms with E-state index in [-0.39, 0.29) is 38.7 Å². The minimum Gasteiger partial charge on any atom is -0.493 e. The van der Waals surface area contributed by atoms with Crippen LogP contribution in [0, 0.1) is 0 Å². The van der Waals surface area contributed by atoms with Crippen LogP contribution >= 0.6 is 23.2 Å². The molecule has 0 spiro atoms. The van der Waals surface area contributed by atoms with Crippen LogP contribution in [0.15, 0.2) is 47.3 Å². The zero-order valence-electron chi connectivity index (χ0n) is 23.4. The van der Waals surface area contributed by atoms with Gasteiger partial charge in [-0.05, 0) is 60.6 Å². The van der Waals surface area contributed by atoms with Gasteiger partial charge in [0, 0.05) is 18.8 Å². The van der Waals surface area contributed by atoms with E-state index in [1.807, 2.05) is 0 Å². The van der Waals surface area contributed by atoms with Crippen LogP contribution in [0.3, 0.4) is 0 Å². The summed E-state index contributed by atoms with van der Waals surface area (Å²) in [5.41, 5.74) is 14.5. The van der Waals surface area contributed by atoms with Crippen molar-refractivity contribution in [1.82, 2.24) is 15.3 Å². The van der Waals surface area contributed by atoms with E-state index >= 15 is 0 Å². The molecular formula is C28H30Cl2N6O7. The van der Waals surface area contributed by atoms with Crippen molar-refractivity contribution in [3.63, 3.8) is 0 Å². The van der Waals surface area contributed by atoms with E-state index in [1.54, 1.807) is 49.5 Å². The third kappa shape index (κ3) is 7.25. The summed E-state index contributed by atoms with van der Waals surface area (Å²) in [6.45, 7) is 0.792. The Balaban J connectivity index is 1.59. The van der Waals surface area contributed by atoms with E-state index in [4.69, 9.17) is 53.6 Å². The predicted molar refractivity (Wildman–Crippen MR) is 162 cm³/mol. The number of rotatable bonds is 14. The minimum atomic E-state index is -1.74. The molecule has 0 aliphatic heterocycles. The molecule has 1 aromatic heterocycles. The number of H-pyrrole nitrogens is 2. The summed E-state index contributed by atoms with van der Waals surface area (Å²) < 4.78 is 22.5. The molecule has 1 heterocycles. The molecule has 2 amide bonds. The number of benzene rings is 3. The summed E-state index contributed by atoms with van der Waals surface area (Å²) in [4.78, 5) is 42.0. The van der Waals surface area contributed by atoms with Gasteiger partial charge < -0.3 is 51.0 Å². The number of methoxy groups -OCH3 is 2. The van der Waals surface area contributed by atoms with Crippen molar-refractivity contribution in [3.05, 3.63) is 74.1 Å². The number of fused-ring (bicyclic) bond motifs is 1. The molecule has 15 heteroatoms. The Morgan fingerprint density at radius 1 is 0.814 bits per heavy atom. The van der Waals surface area contributed by atoms with Gasteiger partial charge in [0.05, 0.1) is 35.3 Å². The van der Waals surface area contributed by atoms with Crippen LogP contribution in [0.25, 0.3) is 11.0 Å². The normalized spacial score (nSPS) is 12.4. The van der Waals surface area contributed by atoms with Crippen molar-refractivity contribution in [2.75, 3.05) is 26.6 Å². The highest BCUT2D eigenvalue weighted by Crippen LogP contribution is 2.40. The Bertz CT molecular complexity index is 1710. The van der Waals surface area contributed by atoms with Gasteiger partial charge in [-0.25, -0.2) is 4.79 Å². The molecule has 0 radical (unpaired) electrons. The summed E-state index contributed by atoms with van der Waals surface area (Å²) in [7, 11) is 4.53. The van der Waals surface area contributed by atoms with Crippen molar-refractivity contribution >= 4 is 51.7 Å². The molecule has 8 N–H and O–H groups in total. The molecule has 0 aliphatic rings. The van der Waals surface area contributed by atoms with Crippen molar-refractivity contribution in [3.8, 4) is 23.0 Å². The highest BCUT2D eigenvalue weighted by atomic mass is 35.5. The van der Waals surface area contributed by atoms with Crippen LogP contribution in [-0.2, 0) is 22.7 Å². The first-order valence-electron chi connectivity index (χ1n) is 12.8. The molecule has 43 heavy (non-hydrogen) atoms. The number of hydrogen-bond acceptors (Lipinski definition) is 9. The number of amides is 2. The summed E-state index contributed by atoms with van der Waals surface area (Å²) in [5, 5.41) is 6.39. The van der Waals surface area contributed by atoms with Crippen molar-refractivity contribution < 1.29 is 28.5 Å². The van der Waals surface area contributed by atoms with Gasteiger partial charge in [0.25, 0.3) is 11.8 Å². The highest BCUT2D eigenvalue weighted by Gasteiger charge is 2.38. The lowest BCUT2D eigenvalue weighted by molar-refractivity contribution is -0.138. The number of halogens is 2. The fourth-order valence-corrected chi connectivity index (χ4v) is 4.88. The number of carbonyl (C=O) groups excluding carboxylic acids is 2. The van der Waals surface area contributed by atoms with Crippen molar-refractivity contribution in [2.45, 2.75) is 25.3 Å². The molecule has 228 valence electrons. The number of aromatic nitrogens is 2. The number of primary amides is 2. The second kappa shape index (κ2) is 13.6. The van der Waals surface area contributed by atoms with Gasteiger partial charge in [-0.2, -0.15) is 0 Å². The Labute approximate surface area is 255 Å². The molecule has 3 aromatic carbocycles. The number of aromatic amines is 2. The van der Waals surface area contributed by atoms with Gasteiger partial charge in [-0.3, -0.25) is 9.59 Å². The van der Waals surface area contributed by atoms with Crippen LogP contribution in [-0.4, -0.2) is 55.3 Å². The number of ether oxygens (including phenoxy) is 4. The van der Waals surface area contributed by atoms with E-state index in [0.717, 1.165) is 11.3 Å². The lowest BCUT2D eigenvalue weighted by atomic mass is 10.1. The topological polar surface area (TPSA) is 196 Å². The Morgan fingerprint density at radius 2 is 1.33 bits per heavy atom. The van der Waals surface area contributed by atoms with Gasteiger partial charge >= 0.3 is 5.69 Å². The first-order chi connectivity index (χ1) is 20.5. The van der Waals surface area contributed by atoms with E-state index in [1.165, 1.54) is 14.2 Å². The molecule has 0 bridgehead atoms. The molecule has 13 nitrogen and oxygen atoms in total.